The van der Waals surface area contributed by atoms with Gasteiger partial charge in [-0.1, -0.05) is 32.3 Å². The van der Waals surface area contributed by atoms with E-state index in [2.05, 4.69) is 13.5 Å². The minimum atomic E-state index is 0.187. The first-order valence-corrected chi connectivity index (χ1v) is 7.50. The molecule has 2 heteroatoms. The van der Waals surface area contributed by atoms with E-state index in [0.717, 1.165) is 51.4 Å². The molecule has 1 N–H and O–H groups in total. The van der Waals surface area contributed by atoms with Crippen LogP contribution < -0.4 is 0 Å². The van der Waals surface area contributed by atoms with Gasteiger partial charge >= 0.3 is 0 Å². The van der Waals surface area contributed by atoms with Crippen molar-refractivity contribution < 1.29 is 9.90 Å². The maximum atomic E-state index is 12.0. The molecule has 0 spiro atoms. The Bertz CT molecular complexity index is 211. The molecule has 0 aromatic rings. The van der Waals surface area contributed by atoms with Crippen molar-refractivity contribution in [3.63, 3.8) is 0 Å². The monoisotopic (exact) mass is 254 g/mol. The zero-order valence-electron chi connectivity index (χ0n) is 12.0. The van der Waals surface area contributed by atoms with Crippen molar-refractivity contribution in [2.75, 3.05) is 6.61 Å². The molecule has 0 aliphatic carbocycles. The highest BCUT2D eigenvalue weighted by molar-refractivity contribution is 5.80. The molecule has 0 heterocycles. The Hall–Kier alpha value is -0.630. The van der Waals surface area contributed by atoms with Crippen molar-refractivity contribution in [3.8, 4) is 0 Å². The van der Waals surface area contributed by atoms with Gasteiger partial charge in [0, 0.05) is 18.9 Å². The van der Waals surface area contributed by atoms with Crippen molar-refractivity contribution in [1.82, 2.24) is 0 Å². The summed E-state index contributed by atoms with van der Waals surface area (Å²) in [4.78, 5) is 12.0. The van der Waals surface area contributed by atoms with Crippen molar-refractivity contribution in [2.24, 2.45) is 5.92 Å². The molecule has 0 aromatic carbocycles. The molecular formula is C16H30O2. The van der Waals surface area contributed by atoms with E-state index in [1.165, 1.54) is 12.8 Å². The minimum absolute atomic E-state index is 0.187. The van der Waals surface area contributed by atoms with Crippen LogP contribution in [0.25, 0.3) is 0 Å². The Kier molecular flexibility index (Phi) is 12.4. The summed E-state index contributed by atoms with van der Waals surface area (Å²) in [5.41, 5.74) is 0. The van der Waals surface area contributed by atoms with Crippen LogP contribution in [0.1, 0.15) is 71.1 Å². The first-order valence-electron chi connectivity index (χ1n) is 7.50. The SMILES string of the molecule is C=CCCCCCC(CCCO)C(=O)CCCC. The normalized spacial score (nSPS) is 12.3. The molecule has 0 saturated heterocycles. The summed E-state index contributed by atoms with van der Waals surface area (Å²) < 4.78 is 0. The Morgan fingerprint density at radius 3 is 2.50 bits per heavy atom. The van der Waals surface area contributed by atoms with E-state index in [0.29, 0.717) is 5.78 Å². The fourth-order valence-corrected chi connectivity index (χ4v) is 2.22. The number of carbonyl (C=O) groups is 1. The summed E-state index contributed by atoms with van der Waals surface area (Å²) in [6.07, 6.45) is 11.9. The zero-order chi connectivity index (χ0) is 13.6. The van der Waals surface area contributed by atoms with Crippen LogP contribution in [0, 0.1) is 5.92 Å². The van der Waals surface area contributed by atoms with Crippen LogP contribution in [0.15, 0.2) is 12.7 Å². The number of hydrogen-bond donors (Lipinski definition) is 1. The molecule has 0 aromatic heterocycles. The molecule has 0 rings (SSSR count). The molecule has 0 radical (unpaired) electrons. The molecule has 0 aliphatic rings. The lowest BCUT2D eigenvalue weighted by Crippen LogP contribution is -2.15. The highest BCUT2D eigenvalue weighted by Gasteiger charge is 2.16. The summed E-state index contributed by atoms with van der Waals surface area (Å²) in [6, 6.07) is 0. The van der Waals surface area contributed by atoms with E-state index in [-0.39, 0.29) is 12.5 Å². The molecule has 0 aliphatic heterocycles. The zero-order valence-corrected chi connectivity index (χ0v) is 12.0. The smallest absolute Gasteiger partial charge is 0.135 e. The van der Waals surface area contributed by atoms with E-state index in [1.54, 1.807) is 0 Å². The van der Waals surface area contributed by atoms with Gasteiger partial charge in [0.05, 0.1) is 0 Å². The molecule has 1 atom stereocenters. The third-order valence-corrected chi connectivity index (χ3v) is 3.40. The summed E-state index contributed by atoms with van der Waals surface area (Å²) in [6.45, 7) is 6.03. The van der Waals surface area contributed by atoms with Crippen LogP contribution in [-0.2, 0) is 4.79 Å². The molecule has 1 unspecified atom stereocenters. The number of hydrogen-bond acceptors (Lipinski definition) is 2. The Balaban J connectivity index is 3.89. The van der Waals surface area contributed by atoms with Gasteiger partial charge in [-0.3, -0.25) is 4.79 Å². The Morgan fingerprint density at radius 2 is 1.89 bits per heavy atom. The lowest BCUT2D eigenvalue weighted by molar-refractivity contribution is -0.123. The van der Waals surface area contributed by atoms with Gasteiger partial charge in [0.1, 0.15) is 5.78 Å². The second-order valence-electron chi connectivity index (χ2n) is 5.06. The van der Waals surface area contributed by atoms with Gasteiger partial charge in [0.2, 0.25) is 0 Å². The van der Waals surface area contributed by atoms with Crippen LogP contribution in [-0.4, -0.2) is 17.5 Å². The number of Topliss-reactive ketones (excluding diaryl/α,β-unsaturated/α-hetero) is 1. The maximum absolute atomic E-state index is 12.0. The molecule has 0 amide bonds. The summed E-state index contributed by atoms with van der Waals surface area (Å²) in [5, 5.41) is 8.89. The third-order valence-electron chi connectivity index (χ3n) is 3.40. The van der Waals surface area contributed by atoms with E-state index in [1.807, 2.05) is 6.08 Å². The van der Waals surface area contributed by atoms with Crippen LogP contribution >= 0.6 is 0 Å². The van der Waals surface area contributed by atoms with Gasteiger partial charge < -0.3 is 5.11 Å². The molecule has 0 fully saturated rings. The van der Waals surface area contributed by atoms with Gasteiger partial charge in [-0.05, 0) is 38.5 Å². The highest BCUT2D eigenvalue weighted by Crippen LogP contribution is 2.19. The Labute approximate surface area is 112 Å². The first-order chi connectivity index (χ1) is 8.76. The van der Waals surface area contributed by atoms with Crippen LogP contribution in [0.2, 0.25) is 0 Å². The van der Waals surface area contributed by atoms with Crippen molar-refractivity contribution in [1.29, 1.82) is 0 Å². The number of rotatable bonds is 13. The summed E-state index contributed by atoms with van der Waals surface area (Å²) in [7, 11) is 0. The van der Waals surface area contributed by atoms with E-state index in [4.69, 9.17) is 5.11 Å². The third kappa shape index (κ3) is 9.41. The van der Waals surface area contributed by atoms with Gasteiger partial charge in [-0.2, -0.15) is 0 Å². The summed E-state index contributed by atoms with van der Waals surface area (Å²) in [5.74, 6) is 0.599. The number of unbranched alkanes of at least 4 members (excludes halogenated alkanes) is 4. The molecule has 18 heavy (non-hydrogen) atoms. The average Bonchev–Trinajstić information content (AvgIpc) is 2.39. The van der Waals surface area contributed by atoms with Crippen molar-refractivity contribution in [3.05, 3.63) is 12.7 Å². The van der Waals surface area contributed by atoms with Crippen LogP contribution in [0.4, 0.5) is 0 Å². The summed E-state index contributed by atoms with van der Waals surface area (Å²) >= 11 is 0. The molecule has 106 valence electrons. The fraction of sp³-hybridized carbons (Fsp3) is 0.812. The largest absolute Gasteiger partial charge is 0.396 e. The predicted molar refractivity (Wildman–Crippen MR) is 77.6 cm³/mol. The number of allylic oxidation sites excluding steroid dienone is 1. The second kappa shape index (κ2) is 12.8. The lowest BCUT2D eigenvalue weighted by Gasteiger charge is -2.15. The molecule has 0 bridgehead atoms. The van der Waals surface area contributed by atoms with Crippen LogP contribution in [0.5, 0.6) is 0 Å². The maximum Gasteiger partial charge on any atom is 0.135 e. The number of ketones is 1. The average molecular weight is 254 g/mol. The first kappa shape index (κ1) is 17.4. The quantitative estimate of drug-likeness (QED) is 0.393. The molecule has 2 nitrogen and oxygen atoms in total. The van der Waals surface area contributed by atoms with E-state index >= 15 is 0 Å². The second-order valence-corrected chi connectivity index (χ2v) is 5.06. The lowest BCUT2D eigenvalue weighted by atomic mass is 9.89. The van der Waals surface area contributed by atoms with Gasteiger partial charge in [-0.15, -0.1) is 6.58 Å². The van der Waals surface area contributed by atoms with E-state index < -0.39 is 0 Å². The van der Waals surface area contributed by atoms with Crippen molar-refractivity contribution in [2.45, 2.75) is 71.1 Å². The van der Waals surface area contributed by atoms with Gasteiger partial charge in [0.25, 0.3) is 0 Å². The van der Waals surface area contributed by atoms with E-state index in [9.17, 15) is 4.79 Å². The Morgan fingerprint density at radius 1 is 1.17 bits per heavy atom. The number of aliphatic hydroxyl groups is 1. The number of aliphatic hydroxyl groups excluding tert-OH is 1. The number of carbonyl (C=O) groups excluding carboxylic acids is 1. The topological polar surface area (TPSA) is 37.3 Å². The molecule has 0 saturated carbocycles. The fourth-order valence-electron chi connectivity index (χ4n) is 2.22. The standard InChI is InChI=1S/C16H30O2/c1-3-5-7-8-9-11-15(12-10-14-17)16(18)13-6-4-2/h3,15,17H,1,4-14H2,2H3. The van der Waals surface area contributed by atoms with Crippen molar-refractivity contribution >= 4 is 5.78 Å². The highest BCUT2D eigenvalue weighted by atomic mass is 16.2. The predicted octanol–water partition coefficient (Wildman–Crippen LogP) is 4.27. The minimum Gasteiger partial charge on any atom is -0.396 e. The molecular weight excluding hydrogens is 224 g/mol. The van der Waals surface area contributed by atoms with Crippen LogP contribution in [0.3, 0.4) is 0 Å². The van der Waals surface area contributed by atoms with Gasteiger partial charge in [-0.25, -0.2) is 0 Å². The van der Waals surface area contributed by atoms with Gasteiger partial charge in [0.15, 0.2) is 0 Å².